The van der Waals surface area contributed by atoms with Gasteiger partial charge >= 0.3 is 0 Å². The summed E-state index contributed by atoms with van der Waals surface area (Å²) in [6, 6.07) is 12.5. The van der Waals surface area contributed by atoms with Crippen LogP contribution in [0.1, 0.15) is 0 Å². The number of hydrogen-bond acceptors (Lipinski definition) is 7. The lowest BCUT2D eigenvalue weighted by atomic mass is 10.2. The third-order valence-corrected chi connectivity index (χ3v) is 5.25. The van der Waals surface area contributed by atoms with E-state index in [1.54, 1.807) is 24.3 Å². The molecule has 0 fully saturated rings. The number of amides is 1. The van der Waals surface area contributed by atoms with Crippen molar-refractivity contribution >= 4 is 45.0 Å². The Balaban J connectivity index is 1.60. The molecule has 0 saturated carbocycles. The van der Waals surface area contributed by atoms with Gasteiger partial charge in [-0.05, 0) is 42.5 Å². The van der Waals surface area contributed by atoms with E-state index in [2.05, 4.69) is 15.5 Å². The molecule has 27 heavy (non-hydrogen) atoms. The van der Waals surface area contributed by atoms with Gasteiger partial charge in [-0.15, -0.1) is 10.2 Å². The first-order valence-corrected chi connectivity index (χ1v) is 10.4. The van der Waals surface area contributed by atoms with Crippen molar-refractivity contribution < 1.29 is 17.6 Å². The lowest BCUT2D eigenvalue weighted by molar-refractivity contribution is -0.113. The van der Waals surface area contributed by atoms with Gasteiger partial charge in [0.1, 0.15) is 0 Å². The summed E-state index contributed by atoms with van der Waals surface area (Å²) in [5, 5.41) is 16.2. The van der Waals surface area contributed by atoms with E-state index >= 15 is 0 Å². The Morgan fingerprint density at radius 1 is 1.19 bits per heavy atom. The minimum atomic E-state index is -3.77. The van der Waals surface area contributed by atoms with Gasteiger partial charge in [-0.3, -0.25) is 4.79 Å². The number of nitrogens with two attached hydrogens (primary N) is 1. The van der Waals surface area contributed by atoms with Crippen molar-refractivity contribution in [2.24, 2.45) is 5.14 Å². The summed E-state index contributed by atoms with van der Waals surface area (Å²) in [5.41, 5.74) is 1.12. The highest BCUT2D eigenvalue weighted by Crippen LogP contribution is 2.24. The van der Waals surface area contributed by atoms with Crippen LogP contribution in [-0.2, 0) is 14.8 Å². The van der Waals surface area contributed by atoms with E-state index in [0.717, 1.165) is 11.8 Å². The van der Waals surface area contributed by atoms with Crippen LogP contribution >= 0.6 is 23.4 Å². The van der Waals surface area contributed by atoms with E-state index in [0.29, 0.717) is 16.3 Å². The number of rotatable bonds is 6. The second-order valence-electron chi connectivity index (χ2n) is 5.29. The first-order valence-electron chi connectivity index (χ1n) is 7.46. The number of carbonyl (C=O) groups excluding carboxylic acids is 1. The molecule has 0 aliphatic heterocycles. The molecule has 1 heterocycles. The number of thioether (sulfide) groups is 1. The number of primary sulfonamides is 1. The zero-order chi connectivity index (χ0) is 19.4. The Labute approximate surface area is 164 Å². The van der Waals surface area contributed by atoms with E-state index in [9.17, 15) is 13.2 Å². The number of nitrogens with zero attached hydrogens (tertiary/aromatic N) is 2. The summed E-state index contributed by atoms with van der Waals surface area (Å²) >= 11 is 6.94. The minimum Gasteiger partial charge on any atom is -0.411 e. The van der Waals surface area contributed by atoms with E-state index in [-0.39, 0.29) is 27.7 Å². The molecule has 2 aromatic carbocycles. The number of benzene rings is 2. The van der Waals surface area contributed by atoms with Crippen molar-refractivity contribution in [3.63, 3.8) is 0 Å². The average molecular weight is 425 g/mol. The number of aromatic nitrogens is 2. The van der Waals surface area contributed by atoms with Crippen LogP contribution in [0.4, 0.5) is 5.69 Å². The molecule has 0 aliphatic rings. The van der Waals surface area contributed by atoms with Crippen molar-refractivity contribution in [2.75, 3.05) is 11.1 Å². The van der Waals surface area contributed by atoms with E-state index in [1.807, 2.05) is 0 Å². The standard InChI is InChI=1S/C16H13ClN4O4S2/c17-11-2-1-3-12(8-11)19-14(22)9-26-16-21-20-15(25-16)10-4-6-13(7-5-10)27(18,23)24/h1-8H,9H2,(H,19,22)(H2,18,23,24). The number of anilines is 1. The van der Waals surface area contributed by atoms with Crippen molar-refractivity contribution in [2.45, 2.75) is 10.1 Å². The Hall–Kier alpha value is -2.40. The van der Waals surface area contributed by atoms with Crippen LogP contribution in [0.5, 0.6) is 0 Å². The maximum absolute atomic E-state index is 12.0. The van der Waals surface area contributed by atoms with Crippen LogP contribution in [0.3, 0.4) is 0 Å². The maximum atomic E-state index is 12.0. The normalized spacial score (nSPS) is 11.3. The predicted molar refractivity (Wildman–Crippen MR) is 102 cm³/mol. The molecular weight excluding hydrogens is 412 g/mol. The molecular formula is C16H13ClN4O4S2. The monoisotopic (exact) mass is 424 g/mol. The van der Waals surface area contributed by atoms with Crippen LogP contribution in [-0.4, -0.2) is 30.3 Å². The molecule has 0 bridgehead atoms. The number of nitrogens with one attached hydrogen (secondary N) is 1. The highest BCUT2D eigenvalue weighted by Gasteiger charge is 2.13. The van der Waals surface area contributed by atoms with Crippen molar-refractivity contribution in [3.05, 3.63) is 53.6 Å². The molecule has 0 spiro atoms. The Morgan fingerprint density at radius 2 is 1.93 bits per heavy atom. The van der Waals surface area contributed by atoms with E-state index < -0.39 is 10.0 Å². The summed E-state index contributed by atoms with van der Waals surface area (Å²) < 4.78 is 28.0. The van der Waals surface area contributed by atoms with Crippen LogP contribution in [0.25, 0.3) is 11.5 Å². The molecule has 0 saturated heterocycles. The number of sulfonamides is 1. The molecule has 0 unspecified atom stereocenters. The first kappa shape index (κ1) is 19.4. The van der Waals surface area contributed by atoms with Gasteiger partial charge < -0.3 is 9.73 Å². The number of halogens is 1. The predicted octanol–water partition coefficient (Wildman–Crippen LogP) is 2.77. The quantitative estimate of drug-likeness (QED) is 0.582. The third kappa shape index (κ3) is 5.30. The highest BCUT2D eigenvalue weighted by atomic mass is 35.5. The van der Waals surface area contributed by atoms with Gasteiger partial charge in [-0.2, -0.15) is 0 Å². The Kier molecular flexibility index (Phi) is 5.80. The largest absolute Gasteiger partial charge is 0.411 e. The van der Waals surface area contributed by atoms with Crippen molar-refractivity contribution in [1.29, 1.82) is 0 Å². The smallest absolute Gasteiger partial charge is 0.277 e. The topological polar surface area (TPSA) is 128 Å². The fourth-order valence-corrected chi connectivity index (χ4v) is 3.33. The molecule has 0 radical (unpaired) electrons. The van der Waals surface area contributed by atoms with Crippen LogP contribution in [0.15, 0.2) is 63.1 Å². The average Bonchev–Trinajstić information content (AvgIpc) is 3.08. The first-order chi connectivity index (χ1) is 12.8. The Bertz CT molecular complexity index is 1070. The number of carbonyl (C=O) groups is 1. The van der Waals surface area contributed by atoms with Crippen molar-refractivity contribution in [1.82, 2.24) is 10.2 Å². The SMILES string of the molecule is NS(=O)(=O)c1ccc(-c2nnc(SCC(=O)Nc3cccc(Cl)c3)o2)cc1. The third-order valence-electron chi connectivity index (χ3n) is 3.27. The minimum absolute atomic E-state index is 0.0157. The lowest BCUT2D eigenvalue weighted by Crippen LogP contribution is -2.13. The van der Waals surface area contributed by atoms with Crippen LogP contribution in [0.2, 0.25) is 5.02 Å². The second-order valence-corrected chi connectivity index (χ2v) is 8.21. The number of hydrogen-bond donors (Lipinski definition) is 2. The van der Waals surface area contributed by atoms with Gasteiger partial charge in [0.05, 0.1) is 10.6 Å². The molecule has 3 rings (SSSR count). The highest BCUT2D eigenvalue weighted by molar-refractivity contribution is 7.99. The van der Waals surface area contributed by atoms with Gasteiger partial charge in [0.2, 0.25) is 21.8 Å². The van der Waals surface area contributed by atoms with Gasteiger partial charge in [-0.25, -0.2) is 13.6 Å². The summed E-state index contributed by atoms with van der Waals surface area (Å²) in [5.74, 6) is 0.0200. The van der Waals surface area contributed by atoms with Gasteiger partial charge in [0.25, 0.3) is 5.22 Å². The molecule has 3 aromatic rings. The second kappa shape index (κ2) is 8.09. The van der Waals surface area contributed by atoms with Crippen molar-refractivity contribution in [3.8, 4) is 11.5 Å². The maximum Gasteiger partial charge on any atom is 0.277 e. The molecule has 0 aliphatic carbocycles. The molecule has 1 aromatic heterocycles. The summed E-state index contributed by atoms with van der Waals surface area (Å²) in [4.78, 5) is 12.0. The lowest BCUT2D eigenvalue weighted by Gasteiger charge is -2.03. The molecule has 0 atom stereocenters. The zero-order valence-electron chi connectivity index (χ0n) is 13.6. The van der Waals surface area contributed by atoms with Crippen LogP contribution in [0, 0.1) is 0 Å². The van der Waals surface area contributed by atoms with E-state index in [4.69, 9.17) is 21.2 Å². The molecule has 11 heteroatoms. The Morgan fingerprint density at radius 3 is 2.59 bits per heavy atom. The fourth-order valence-electron chi connectivity index (χ4n) is 2.06. The van der Waals surface area contributed by atoms with Gasteiger partial charge in [0, 0.05) is 16.3 Å². The molecule has 1 amide bonds. The zero-order valence-corrected chi connectivity index (χ0v) is 16.0. The fraction of sp³-hybridized carbons (Fsp3) is 0.0625. The van der Waals surface area contributed by atoms with E-state index in [1.165, 1.54) is 24.3 Å². The summed E-state index contributed by atoms with van der Waals surface area (Å²) in [6.07, 6.45) is 0. The molecule has 3 N–H and O–H groups in total. The van der Waals surface area contributed by atoms with Gasteiger partial charge in [0.15, 0.2) is 0 Å². The van der Waals surface area contributed by atoms with Crippen LogP contribution < -0.4 is 10.5 Å². The summed E-state index contributed by atoms with van der Waals surface area (Å²) in [6.45, 7) is 0. The molecule has 8 nitrogen and oxygen atoms in total. The molecule has 140 valence electrons. The summed E-state index contributed by atoms with van der Waals surface area (Å²) in [7, 11) is -3.77. The van der Waals surface area contributed by atoms with Gasteiger partial charge in [-0.1, -0.05) is 29.4 Å².